The molecule has 1 saturated heterocycles. The molecule has 0 radical (unpaired) electrons. The number of hydrogen-bond acceptors (Lipinski definition) is 5. The Kier molecular flexibility index (Phi) is 4.44. The summed E-state index contributed by atoms with van der Waals surface area (Å²) in [5.41, 5.74) is 10.5. The number of hydrogen-bond donors (Lipinski definition) is 3. The quantitative estimate of drug-likeness (QED) is 0.448. The largest absolute Gasteiger partial charge is 0.491 e. The minimum Gasteiger partial charge on any atom is -0.400 e. The maximum Gasteiger partial charge on any atom is 0.491 e. The molecule has 5 nitrogen and oxygen atoms in total. The molecule has 2 rings (SSSR count). The highest BCUT2D eigenvalue weighted by atomic mass is 16.7. The minimum atomic E-state index is -0.439. The number of nitrogens with one attached hydrogen (secondary N) is 1. The second-order valence-corrected chi connectivity index (χ2v) is 6.24. The van der Waals surface area contributed by atoms with Crippen LogP contribution in [0.3, 0.4) is 0 Å². The molecule has 0 saturated carbocycles. The van der Waals surface area contributed by atoms with Gasteiger partial charge in [-0.25, -0.2) is 0 Å². The average Bonchev–Trinajstić information content (AvgIpc) is 2.65. The highest BCUT2D eigenvalue weighted by Gasteiger charge is 2.52. The van der Waals surface area contributed by atoms with Crippen molar-refractivity contribution in [2.45, 2.75) is 38.9 Å². The molecule has 1 fully saturated rings. The summed E-state index contributed by atoms with van der Waals surface area (Å²) in [6.07, 6.45) is 1.97. The number of benzene rings is 1. The molecule has 0 aromatic heterocycles. The predicted octanol–water partition coefficient (Wildman–Crippen LogP) is 1.95. The lowest BCUT2D eigenvalue weighted by atomic mass is 9.77. The number of rotatable bonds is 4. The lowest BCUT2D eigenvalue weighted by Gasteiger charge is -2.32. The zero-order valence-electron chi connectivity index (χ0n) is 13.1. The van der Waals surface area contributed by atoms with E-state index < -0.39 is 7.12 Å². The number of hydrazine groups is 1. The van der Waals surface area contributed by atoms with E-state index in [0.29, 0.717) is 6.54 Å². The van der Waals surface area contributed by atoms with E-state index in [-0.39, 0.29) is 11.2 Å². The summed E-state index contributed by atoms with van der Waals surface area (Å²) in [5, 5.41) is 0. The van der Waals surface area contributed by atoms with Crippen molar-refractivity contribution in [3.63, 3.8) is 0 Å². The SMILES string of the molecule is CC1(C)OB(C(=Cc2ccccc2NN)CN)OC1(C)C. The van der Waals surface area contributed by atoms with E-state index in [2.05, 4.69) is 5.43 Å². The van der Waals surface area contributed by atoms with Gasteiger partial charge in [0.05, 0.1) is 16.9 Å². The molecule has 0 atom stereocenters. The van der Waals surface area contributed by atoms with Gasteiger partial charge in [0.2, 0.25) is 0 Å². The topological polar surface area (TPSA) is 82.5 Å². The fourth-order valence-electron chi connectivity index (χ4n) is 2.17. The third kappa shape index (κ3) is 3.13. The van der Waals surface area contributed by atoms with Crippen LogP contribution in [-0.2, 0) is 9.31 Å². The van der Waals surface area contributed by atoms with Gasteiger partial charge in [-0.2, -0.15) is 0 Å². The van der Waals surface area contributed by atoms with Gasteiger partial charge >= 0.3 is 7.12 Å². The van der Waals surface area contributed by atoms with E-state index in [0.717, 1.165) is 16.7 Å². The molecule has 5 N–H and O–H groups in total. The minimum absolute atomic E-state index is 0.357. The summed E-state index contributed by atoms with van der Waals surface area (Å²) in [4.78, 5) is 0. The molecule has 1 aliphatic heterocycles. The molecular formula is C15H24BN3O2. The second kappa shape index (κ2) is 5.81. The smallest absolute Gasteiger partial charge is 0.400 e. The molecule has 1 aromatic rings. The van der Waals surface area contributed by atoms with Crippen LogP contribution in [-0.4, -0.2) is 24.9 Å². The first kappa shape index (κ1) is 16.0. The number of nitrogens with two attached hydrogens (primary N) is 2. The average molecular weight is 289 g/mol. The van der Waals surface area contributed by atoms with Crippen LogP contribution < -0.4 is 17.0 Å². The Balaban J connectivity index is 2.31. The molecule has 21 heavy (non-hydrogen) atoms. The van der Waals surface area contributed by atoms with Crippen LogP contribution in [0.2, 0.25) is 0 Å². The molecule has 1 aromatic carbocycles. The molecule has 0 spiro atoms. The summed E-state index contributed by atoms with van der Waals surface area (Å²) in [7, 11) is -0.439. The van der Waals surface area contributed by atoms with Crippen LogP contribution in [0.4, 0.5) is 5.69 Å². The van der Waals surface area contributed by atoms with Crippen LogP contribution in [0.5, 0.6) is 0 Å². The van der Waals surface area contributed by atoms with Gasteiger partial charge in [-0.05, 0) is 44.8 Å². The van der Waals surface area contributed by atoms with Crippen LogP contribution in [0.1, 0.15) is 33.3 Å². The monoisotopic (exact) mass is 289 g/mol. The maximum absolute atomic E-state index is 6.04. The summed E-state index contributed by atoms with van der Waals surface area (Å²) in [6.45, 7) is 8.45. The van der Waals surface area contributed by atoms with Crippen LogP contribution in [0, 0.1) is 0 Å². The van der Waals surface area contributed by atoms with Crippen molar-refractivity contribution in [2.75, 3.05) is 12.0 Å². The molecule has 6 heteroatoms. The van der Waals surface area contributed by atoms with E-state index in [1.54, 1.807) is 0 Å². The molecule has 0 amide bonds. The predicted molar refractivity (Wildman–Crippen MR) is 87.4 cm³/mol. The number of anilines is 1. The Morgan fingerprint density at radius 1 is 1.19 bits per heavy atom. The molecule has 0 unspecified atom stereocenters. The first-order valence-electron chi connectivity index (χ1n) is 7.12. The van der Waals surface area contributed by atoms with Crippen LogP contribution in [0.15, 0.2) is 29.7 Å². The molecule has 114 valence electrons. The third-order valence-electron chi connectivity index (χ3n) is 4.25. The highest BCUT2D eigenvalue weighted by Crippen LogP contribution is 2.38. The van der Waals surface area contributed by atoms with Gasteiger partial charge in [-0.15, -0.1) is 0 Å². The number of para-hydroxylation sites is 1. The van der Waals surface area contributed by atoms with Crippen LogP contribution in [0.25, 0.3) is 6.08 Å². The van der Waals surface area contributed by atoms with E-state index in [1.165, 1.54) is 0 Å². The molecule has 0 aliphatic carbocycles. The Morgan fingerprint density at radius 3 is 2.29 bits per heavy atom. The van der Waals surface area contributed by atoms with Gasteiger partial charge in [0.1, 0.15) is 0 Å². The van der Waals surface area contributed by atoms with Gasteiger partial charge in [0.25, 0.3) is 0 Å². The van der Waals surface area contributed by atoms with Crippen LogP contribution >= 0.6 is 0 Å². The fourth-order valence-corrected chi connectivity index (χ4v) is 2.17. The Hall–Kier alpha value is -1.34. The van der Waals surface area contributed by atoms with Gasteiger partial charge in [-0.1, -0.05) is 24.3 Å². The van der Waals surface area contributed by atoms with Gasteiger partial charge < -0.3 is 20.5 Å². The van der Waals surface area contributed by atoms with E-state index in [4.69, 9.17) is 20.9 Å². The first-order valence-corrected chi connectivity index (χ1v) is 7.12. The number of nitrogen functional groups attached to an aromatic ring is 1. The van der Waals surface area contributed by atoms with Crippen molar-refractivity contribution in [3.8, 4) is 0 Å². The van der Waals surface area contributed by atoms with Gasteiger partial charge in [0, 0.05) is 6.54 Å². The Labute approximate surface area is 126 Å². The fraction of sp³-hybridized carbons (Fsp3) is 0.467. The third-order valence-corrected chi connectivity index (χ3v) is 4.25. The molecular weight excluding hydrogens is 265 g/mol. The van der Waals surface area contributed by atoms with E-state index >= 15 is 0 Å². The summed E-state index contributed by atoms with van der Waals surface area (Å²) in [6, 6.07) is 7.74. The summed E-state index contributed by atoms with van der Waals surface area (Å²) in [5.74, 6) is 5.53. The van der Waals surface area contributed by atoms with Crippen molar-refractivity contribution < 1.29 is 9.31 Å². The first-order chi connectivity index (χ1) is 9.80. The molecule has 0 bridgehead atoms. The molecule has 1 aliphatic rings. The summed E-state index contributed by atoms with van der Waals surface area (Å²) >= 11 is 0. The Bertz CT molecular complexity index is 527. The Morgan fingerprint density at radius 2 is 1.76 bits per heavy atom. The maximum atomic E-state index is 6.04. The van der Waals surface area contributed by atoms with E-state index in [1.807, 2.05) is 58.0 Å². The standard InChI is InChI=1S/C15H24BN3O2/c1-14(2)15(3,4)21-16(20-14)12(10-17)9-11-7-5-6-8-13(11)19-18/h5-9,19H,10,17-18H2,1-4H3. The van der Waals surface area contributed by atoms with Crippen molar-refractivity contribution in [1.82, 2.24) is 0 Å². The van der Waals surface area contributed by atoms with Gasteiger partial charge in [-0.3, -0.25) is 5.84 Å². The lowest BCUT2D eigenvalue weighted by Crippen LogP contribution is -2.41. The van der Waals surface area contributed by atoms with E-state index in [9.17, 15) is 0 Å². The highest BCUT2D eigenvalue weighted by molar-refractivity contribution is 6.56. The van der Waals surface area contributed by atoms with Crippen molar-refractivity contribution in [1.29, 1.82) is 0 Å². The summed E-state index contributed by atoms with van der Waals surface area (Å²) < 4.78 is 12.1. The second-order valence-electron chi connectivity index (χ2n) is 6.24. The zero-order valence-corrected chi connectivity index (χ0v) is 13.1. The zero-order chi connectivity index (χ0) is 15.7. The van der Waals surface area contributed by atoms with Crippen molar-refractivity contribution >= 4 is 18.9 Å². The van der Waals surface area contributed by atoms with Gasteiger partial charge in [0.15, 0.2) is 0 Å². The molecule has 1 heterocycles. The lowest BCUT2D eigenvalue weighted by molar-refractivity contribution is 0.00578. The normalized spacial score (nSPS) is 20.7. The van der Waals surface area contributed by atoms with Crippen molar-refractivity contribution in [3.05, 3.63) is 35.3 Å². The van der Waals surface area contributed by atoms with Crippen molar-refractivity contribution in [2.24, 2.45) is 11.6 Å².